The van der Waals surface area contributed by atoms with Crippen molar-refractivity contribution < 1.29 is 23.2 Å². The fourth-order valence-corrected chi connectivity index (χ4v) is 5.83. The van der Waals surface area contributed by atoms with E-state index >= 15 is 0 Å². The topological polar surface area (TPSA) is 87.3 Å². The van der Waals surface area contributed by atoms with Gasteiger partial charge in [-0.2, -0.15) is 0 Å². The van der Waals surface area contributed by atoms with Crippen molar-refractivity contribution >= 4 is 46.5 Å². The number of nitrogens with one attached hydrogen (secondary N) is 3. The second-order valence-electron chi connectivity index (χ2n) is 7.77. The number of hydrogen-bond donors (Lipinski definition) is 3. The molecule has 10 heteroatoms. The van der Waals surface area contributed by atoms with Gasteiger partial charge in [0, 0.05) is 15.8 Å². The second-order valence-corrected chi connectivity index (χ2v) is 9.93. The Labute approximate surface area is 203 Å². The third kappa shape index (κ3) is 5.63. The monoisotopic (exact) mass is 501 g/mol. The lowest BCUT2D eigenvalue weighted by Crippen LogP contribution is -2.52. The number of thiophene rings is 1. The average molecular weight is 502 g/mol. The van der Waals surface area contributed by atoms with Crippen LogP contribution < -0.4 is 16.0 Å². The van der Waals surface area contributed by atoms with Crippen LogP contribution in [0.4, 0.5) is 14.5 Å². The minimum absolute atomic E-state index is 0.151. The Morgan fingerprint density at radius 1 is 1.09 bits per heavy atom. The van der Waals surface area contributed by atoms with Crippen molar-refractivity contribution in [2.24, 2.45) is 0 Å². The molecule has 2 aromatic carbocycles. The Morgan fingerprint density at radius 2 is 1.82 bits per heavy atom. The molecule has 0 unspecified atom stereocenters. The van der Waals surface area contributed by atoms with Gasteiger partial charge >= 0.3 is 0 Å². The lowest BCUT2D eigenvalue weighted by Gasteiger charge is -2.25. The van der Waals surface area contributed by atoms with Crippen LogP contribution >= 0.6 is 23.1 Å². The maximum absolute atomic E-state index is 13.4. The van der Waals surface area contributed by atoms with Crippen molar-refractivity contribution in [2.75, 3.05) is 5.32 Å². The van der Waals surface area contributed by atoms with Crippen LogP contribution in [0.5, 0.6) is 0 Å². The van der Waals surface area contributed by atoms with Crippen LogP contribution in [0.25, 0.3) is 0 Å². The third-order valence-electron chi connectivity index (χ3n) is 5.16. The third-order valence-corrected chi connectivity index (χ3v) is 7.66. The summed E-state index contributed by atoms with van der Waals surface area (Å²) in [5.41, 5.74) is 0.817. The van der Waals surface area contributed by atoms with E-state index in [1.54, 1.807) is 6.07 Å². The highest BCUT2D eigenvalue weighted by atomic mass is 32.2. The molecule has 3 amide bonds. The summed E-state index contributed by atoms with van der Waals surface area (Å²) >= 11 is 2.96. The normalized spacial score (nSPS) is 18.3. The molecule has 3 atom stereocenters. The van der Waals surface area contributed by atoms with Gasteiger partial charge in [-0.25, -0.2) is 8.78 Å². The van der Waals surface area contributed by atoms with Gasteiger partial charge < -0.3 is 16.0 Å². The van der Waals surface area contributed by atoms with Crippen molar-refractivity contribution in [2.45, 2.75) is 35.6 Å². The van der Waals surface area contributed by atoms with Crippen molar-refractivity contribution in [1.29, 1.82) is 0 Å². The first kappa shape index (κ1) is 23.9. The molecule has 1 aliphatic heterocycles. The zero-order valence-corrected chi connectivity index (χ0v) is 19.6. The van der Waals surface area contributed by atoms with E-state index in [1.165, 1.54) is 30.0 Å². The molecular formula is C24H21F2N3O3S2. The van der Waals surface area contributed by atoms with Crippen LogP contribution in [0.2, 0.25) is 0 Å². The number of carbonyl (C=O) groups is 3. The highest BCUT2D eigenvalue weighted by Crippen LogP contribution is 2.45. The molecule has 3 aromatic rings. The number of benzene rings is 2. The molecule has 34 heavy (non-hydrogen) atoms. The summed E-state index contributed by atoms with van der Waals surface area (Å²) in [6, 6.07) is 12.2. The Hall–Kier alpha value is -3.24. The van der Waals surface area contributed by atoms with E-state index in [0.29, 0.717) is 5.69 Å². The number of rotatable bonds is 6. The molecule has 0 saturated carbocycles. The lowest BCUT2D eigenvalue weighted by atomic mass is 10.1. The van der Waals surface area contributed by atoms with Gasteiger partial charge in [-0.3, -0.25) is 14.4 Å². The standard InChI is InChI=1S/C24H21F2N3O3S2/c1-13(27-20(30)11-14-9-15(25)12-16(26)10-14)23(31)29-21-22(19-7-4-8-33-19)34-18-6-3-2-5-17(18)28-24(21)32/h2-10,12-13,21-22H,11H2,1H3,(H,27,30)(H,28,32)(H,29,31)/t13-,21-,22+/m0/s1. The fourth-order valence-electron chi connectivity index (χ4n) is 3.58. The van der Waals surface area contributed by atoms with E-state index in [1.807, 2.05) is 35.7 Å². The van der Waals surface area contributed by atoms with Gasteiger partial charge in [-0.1, -0.05) is 18.2 Å². The molecule has 1 aromatic heterocycles. The minimum Gasteiger partial charge on any atom is -0.344 e. The molecule has 0 bridgehead atoms. The lowest BCUT2D eigenvalue weighted by molar-refractivity contribution is -0.130. The predicted molar refractivity (Wildman–Crippen MR) is 128 cm³/mol. The quantitative estimate of drug-likeness (QED) is 0.476. The summed E-state index contributed by atoms with van der Waals surface area (Å²) in [6.45, 7) is 1.48. The first-order valence-corrected chi connectivity index (χ1v) is 12.2. The molecule has 0 spiro atoms. The molecule has 2 heterocycles. The molecule has 0 fully saturated rings. The zero-order chi connectivity index (χ0) is 24.2. The SMILES string of the molecule is C[C@H](NC(=O)Cc1cc(F)cc(F)c1)C(=O)N[C@@H]1C(=O)Nc2ccccc2S[C@@H]1c1cccs1. The maximum atomic E-state index is 13.4. The summed E-state index contributed by atoms with van der Waals surface area (Å²) in [5, 5.41) is 9.69. The molecule has 176 valence electrons. The van der Waals surface area contributed by atoms with Gasteiger partial charge in [0.1, 0.15) is 23.7 Å². The highest BCUT2D eigenvalue weighted by Gasteiger charge is 2.36. The van der Waals surface area contributed by atoms with Gasteiger partial charge in [-0.15, -0.1) is 23.1 Å². The highest BCUT2D eigenvalue weighted by molar-refractivity contribution is 8.00. The summed E-state index contributed by atoms with van der Waals surface area (Å²) in [7, 11) is 0. The summed E-state index contributed by atoms with van der Waals surface area (Å²) in [6.07, 6.45) is -0.292. The minimum atomic E-state index is -0.974. The number of fused-ring (bicyclic) bond motifs is 1. The number of para-hydroxylation sites is 1. The summed E-state index contributed by atoms with van der Waals surface area (Å²) < 4.78 is 26.8. The van der Waals surface area contributed by atoms with Gasteiger partial charge in [-0.05, 0) is 48.2 Å². The summed E-state index contributed by atoms with van der Waals surface area (Å²) in [5.74, 6) is -3.06. The van der Waals surface area contributed by atoms with E-state index in [2.05, 4.69) is 16.0 Å². The summed E-state index contributed by atoms with van der Waals surface area (Å²) in [4.78, 5) is 40.1. The number of halogens is 2. The largest absolute Gasteiger partial charge is 0.344 e. The van der Waals surface area contributed by atoms with Crippen LogP contribution in [-0.4, -0.2) is 29.8 Å². The molecule has 0 radical (unpaired) electrons. The molecule has 6 nitrogen and oxygen atoms in total. The predicted octanol–water partition coefficient (Wildman–Crippen LogP) is 4.04. The van der Waals surface area contributed by atoms with E-state index in [9.17, 15) is 23.2 Å². The van der Waals surface area contributed by atoms with Gasteiger partial charge in [0.05, 0.1) is 17.4 Å². The van der Waals surface area contributed by atoms with Crippen molar-refractivity contribution in [3.63, 3.8) is 0 Å². The van der Waals surface area contributed by atoms with E-state index in [-0.39, 0.29) is 23.1 Å². The van der Waals surface area contributed by atoms with E-state index < -0.39 is 35.5 Å². The zero-order valence-electron chi connectivity index (χ0n) is 18.0. The fraction of sp³-hybridized carbons (Fsp3) is 0.208. The van der Waals surface area contributed by atoms with Crippen molar-refractivity contribution in [3.8, 4) is 0 Å². The van der Waals surface area contributed by atoms with Gasteiger partial charge in [0.15, 0.2) is 0 Å². The smallest absolute Gasteiger partial charge is 0.248 e. The number of carbonyl (C=O) groups excluding carboxylic acids is 3. The van der Waals surface area contributed by atoms with Crippen molar-refractivity contribution in [3.05, 3.63) is 82.1 Å². The van der Waals surface area contributed by atoms with Crippen LogP contribution in [0, 0.1) is 11.6 Å². The Balaban J connectivity index is 1.46. The Morgan fingerprint density at radius 3 is 2.53 bits per heavy atom. The molecule has 0 aliphatic carbocycles. The first-order valence-electron chi connectivity index (χ1n) is 10.4. The Bertz CT molecular complexity index is 1200. The average Bonchev–Trinajstić information content (AvgIpc) is 3.26. The number of thioether (sulfide) groups is 1. The first-order chi connectivity index (χ1) is 16.3. The van der Waals surface area contributed by atoms with Crippen LogP contribution in [0.15, 0.2) is 64.9 Å². The van der Waals surface area contributed by atoms with Crippen LogP contribution in [0.3, 0.4) is 0 Å². The number of amides is 3. The van der Waals surface area contributed by atoms with Gasteiger partial charge in [0.2, 0.25) is 17.7 Å². The molecular weight excluding hydrogens is 480 g/mol. The van der Waals surface area contributed by atoms with E-state index in [4.69, 9.17) is 0 Å². The molecule has 1 aliphatic rings. The van der Waals surface area contributed by atoms with Gasteiger partial charge in [0.25, 0.3) is 0 Å². The number of anilines is 1. The Kier molecular flexibility index (Phi) is 7.28. The number of hydrogen-bond acceptors (Lipinski definition) is 5. The second kappa shape index (κ2) is 10.4. The maximum Gasteiger partial charge on any atom is 0.248 e. The molecule has 3 N–H and O–H groups in total. The molecule has 4 rings (SSSR count). The van der Waals surface area contributed by atoms with E-state index in [0.717, 1.165) is 28.0 Å². The van der Waals surface area contributed by atoms with Crippen molar-refractivity contribution in [1.82, 2.24) is 10.6 Å². The van der Waals surface area contributed by atoms with Crippen LogP contribution in [0.1, 0.15) is 22.6 Å². The van der Waals surface area contributed by atoms with Crippen LogP contribution in [-0.2, 0) is 20.8 Å². The molecule has 0 saturated heterocycles.